The molecule has 1 atom stereocenters. The Kier molecular flexibility index (Phi) is 3.62. The van der Waals surface area contributed by atoms with Crippen LogP contribution >= 0.6 is 11.8 Å². The number of aliphatic carboxylic acids is 1. The summed E-state index contributed by atoms with van der Waals surface area (Å²) in [6.07, 6.45) is 1.65. The molecule has 1 saturated heterocycles. The first-order valence-corrected chi connectivity index (χ1v) is 6.94. The molecule has 0 bridgehead atoms. The molecule has 1 unspecified atom stereocenters. The summed E-state index contributed by atoms with van der Waals surface area (Å²) in [6.45, 7) is 1.99. The minimum atomic E-state index is -0.797. The number of thioether (sulfide) groups is 1. The number of para-hydroxylation sites is 1. The number of carboxylic acid groups (broad SMARTS) is 1. The van der Waals surface area contributed by atoms with Crippen molar-refractivity contribution in [2.75, 3.05) is 16.8 Å². The zero-order valence-electron chi connectivity index (χ0n) is 9.90. The number of benzene rings is 1. The number of carboxylic acids is 1. The van der Waals surface area contributed by atoms with Crippen LogP contribution in [0.4, 0.5) is 5.69 Å². The van der Waals surface area contributed by atoms with Crippen LogP contribution in [0.15, 0.2) is 24.3 Å². The zero-order valence-corrected chi connectivity index (χ0v) is 10.7. The van der Waals surface area contributed by atoms with E-state index in [2.05, 4.69) is 5.32 Å². The smallest absolute Gasteiger partial charge is 0.330 e. The Morgan fingerprint density at radius 3 is 2.82 bits per heavy atom. The average Bonchev–Trinajstić information content (AvgIpc) is 2.33. The summed E-state index contributed by atoms with van der Waals surface area (Å²) in [5.41, 5.74) is 1.22. The molecule has 0 aromatic heterocycles. The summed E-state index contributed by atoms with van der Waals surface area (Å²) in [6, 6.07) is 7.83. The highest BCUT2D eigenvalue weighted by atomic mass is 32.2. The van der Waals surface area contributed by atoms with Crippen LogP contribution in [-0.4, -0.2) is 28.1 Å². The van der Waals surface area contributed by atoms with Crippen LogP contribution in [0.25, 0.3) is 0 Å². The number of rotatable bonds is 3. The molecule has 1 aliphatic heterocycles. The van der Waals surface area contributed by atoms with Crippen molar-refractivity contribution in [3.8, 4) is 0 Å². The number of nitrogens with one attached hydrogen (secondary N) is 1. The topological polar surface area (TPSA) is 49.3 Å². The van der Waals surface area contributed by atoms with Crippen LogP contribution < -0.4 is 5.32 Å². The predicted octanol–water partition coefficient (Wildman–Crippen LogP) is 2.76. The van der Waals surface area contributed by atoms with Crippen LogP contribution in [0, 0.1) is 6.92 Å². The van der Waals surface area contributed by atoms with E-state index in [1.54, 1.807) is 11.8 Å². The second-order valence-corrected chi connectivity index (χ2v) is 5.59. The van der Waals surface area contributed by atoms with Gasteiger partial charge in [-0.15, -0.1) is 0 Å². The van der Waals surface area contributed by atoms with E-state index >= 15 is 0 Å². The van der Waals surface area contributed by atoms with Crippen molar-refractivity contribution in [3.63, 3.8) is 0 Å². The molecule has 0 amide bonds. The van der Waals surface area contributed by atoms with Crippen molar-refractivity contribution in [2.24, 2.45) is 0 Å². The van der Waals surface area contributed by atoms with Crippen molar-refractivity contribution in [1.29, 1.82) is 0 Å². The van der Waals surface area contributed by atoms with Gasteiger partial charge in [-0.25, -0.2) is 4.79 Å². The lowest BCUT2D eigenvalue weighted by molar-refractivity contribution is -0.141. The molecule has 1 fully saturated rings. The second-order valence-electron chi connectivity index (χ2n) is 4.48. The Morgan fingerprint density at radius 2 is 2.24 bits per heavy atom. The first-order chi connectivity index (χ1) is 8.14. The fourth-order valence-electron chi connectivity index (χ4n) is 2.09. The molecule has 2 N–H and O–H groups in total. The molecule has 92 valence electrons. The van der Waals surface area contributed by atoms with Gasteiger partial charge in [0, 0.05) is 11.4 Å². The Hall–Kier alpha value is -1.16. The SMILES string of the molecule is Cc1ccccc1NC1(C(=O)O)CCCSC1. The molecule has 1 aromatic rings. The van der Waals surface area contributed by atoms with E-state index in [0.717, 1.165) is 23.4 Å². The van der Waals surface area contributed by atoms with Crippen molar-refractivity contribution in [1.82, 2.24) is 0 Å². The largest absolute Gasteiger partial charge is 0.479 e. The lowest BCUT2D eigenvalue weighted by Gasteiger charge is -2.35. The molecule has 1 aliphatic rings. The van der Waals surface area contributed by atoms with Crippen molar-refractivity contribution < 1.29 is 9.90 Å². The van der Waals surface area contributed by atoms with E-state index in [1.165, 1.54) is 0 Å². The number of hydrogen-bond donors (Lipinski definition) is 2. The Labute approximate surface area is 106 Å². The molecule has 1 heterocycles. The first-order valence-electron chi connectivity index (χ1n) is 5.79. The highest BCUT2D eigenvalue weighted by molar-refractivity contribution is 7.99. The van der Waals surface area contributed by atoms with E-state index in [-0.39, 0.29) is 0 Å². The first kappa shape index (κ1) is 12.3. The van der Waals surface area contributed by atoms with E-state index in [1.807, 2.05) is 31.2 Å². The van der Waals surface area contributed by atoms with Gasteiger partial charge in [0.2, 0.25) is 0 Å². The van der Waals surface area contributed by atoms with E-state index in [4.69, 9.17) is 0 Å². The molecule has 3 nitrogen and oxygen atoms in total. The van der Waals surface area contributed by atoms with Gasteiger partial charge >= 0.3 is 5.97 Å². The van der Waals surface area contributed by atoms with Crippen molar-refractivity contribution >= 4 is 23.4 Å². The summed E-state index contributed by atoms with van der Waals surface area (Å²) in [4.78, 5) is 11.5. The van der Waals surface area contributed by atoms with Gasteiger partial charge in [0.15, 0.2) is 0 Å². The fraction of sp³-hybridized carbons (Fsp3) is 0.462. The van der Waals surface area contributed by atoms with Gasteiger partial charge in [-0.2, -0.15) is 11.8 Å². The maximum Gasteiger partial charge on any atom is 0.330 e. The maximum atomic E-state index is 11.5. The molecule has 2 rings (SSSR count). The average molecular weight is 251 g/mol. The van der Waals surface area contributed by atoms with Gasteiger partial charge in [-0.3, -0.25) is 0 Å². The molecule has 4 heteroatoms. The molecule has 0 spiro atoms. The molecule has 0 radical (unpaired) electrons. The molecule has 17 heavy (non-hydrogen) atoms. The molecular formula is C13H17NO2S. The third-order valence-corrected chi connectivity index (χ3v) is 4.44. The normalized spacial score (nSPS) is 24.3. The van der Waals surface area contributed by atoms with Crippen LogP contribution in [0.3, 0.4) is 0 Å². The van der Waals surface area contributed by atoms with Gasteiger partial charge in [-0.1, -0.05) is 18.2 Å². The van der Waals surface area contributed by atoms with Gasteiger partial charge in [0.25, 0.3) is 0 Å². The van der Waals surface area contributed by atoms with Crippen molar-refractivity contribution in [3.05, 3.63) is 29.8 Å². The standard InChI is InChI=1S/C13H17NO2S/c1-10-5-2-3-6-11(10)14-13(12(15)16)7-4-8-17-9-13/h2-3,5-6,14H,4,7-9H2,1H3,(H,15,16). The van der Waals surface area contributed by atoms with Gasteiger partial charge < -0.3 is 10.4 Å². The highest BCUT2D eigenvalue weighted by Gasteiger charge is 2.40. The summed E-state index contributed by atoms with van der Waals surface area (Å²) in [7, 11) is 0. The summed E-state index contributed by atoms with van der Waals surface area (Å²) < 4.78 is 0. The Balaban J connectivity index is 2.24. The minimum absolute atomic E-state index is 0.636. The maximum absolute atomic E-state index is 11.5. The molecule has 0 saturated carbocycles. The number of hydrogen-bond acceptors (Lipinski definition) is 3. The van der Waals surface area contributed by atoms with Gasteiger partial charge in [-0.05, 0) is 37.1 Å². The van der Waals surface area contributed by atoms with E-state index < -0.39 is 11.5 Å². The second kappa shape index (κ2) is 5.00. The van der Waals surface area contributed by atoms with Crippen LogP contribution in [0.1, 0.15) is 18.4 Å². The third-order valence-electron chi connectivity index (χ3n) is 3.17. The Bertz CT molecular complexity index is 414. The summed E-state index contributed by atoms with van der Waals surface area (Å²) in [5, 5.41) is 12.7. The third kappa shape index (κ3) is 2.57. The van der Waals surface area contributed by atoms with Crippen LogP contribution in [0.2, 0.25) is 0 Å². The monoisotopic (exact) mass is 251 g/mol. The summed E-state index contributed by atoms with van der Waals surface area (Å²) >= 11 is 1.71. The lowest BCUT2D eigenvalue weighted by atomic mass is 9.94. The van der Waals surface area contributed by atoms with Gasteiger partial charge in [0.05, 0.1) is 0 Å². The minimum Gasteiger partial charge on any atom is -0.479 e. The number of carbonyl (C=O) groups is 1. The zero-order chi connectivity index (χ0) is 12.3. The Morgan fingerprint density at radius 1 is 1.47 bits per heavy atom. The number of anilines is 1. The van der Waals surface area contributed by atoms with Gasteiger partial charge in [0.1, 0.15) is 5.54 Å². The van der Waals surface area contributed by atoms with E-state index in [0.29, 0.717) is 12.2 Å². The molecular weight excluding hydrogens is 234 g/mol. The molecule has 0 aliphatic carbocycles. The summed E-state index contributed by atoms with van der Waals surface area (Å²) in [5.74, 6) is 0.953. The fourth-order valence-corrected chi connectivity index (χ4v) is 3.27. The van der Waals surface area contributed by atoms with Crippen molar-refractivity contribution in [2.45, 2.75) is 25.3 Å². The van der Waals surface area contributed by atoms with E-state index in [9.17, 15) is 9.90 Å². The van der Waals surface area contributed by atoms with Crippen LogP contribution in [-0.2, 0) is 4.79 Å². The predicted molar refractivity (Wildman–Crippen MR) is 71.7 cm³/mol. The number of aryl methyl sites for hydroxylation is 1. The van der Waals surface area contributed by atoms with Crippen LogP contribution in [0.5, 0.6) is 0 Å². The quantitative estimate of drug-likeness (QED) is 0.867. The molecule has 1 aromatic carbocycles. The highest BCUT2D eigenvalue weighted by Crippen LogP contribution is 2.31. The lowest BCUT2D eigenvalue weighted by Crippen LogP contribution is -2.50.